The van der Waals surface area contributed by atoms with Crippen molar-refractivity contribution in [3.8, 4) is 0 Å². The molecule has 0 saturated carbocycles. The van der Waals surface area contributed by atoms with E-state index in [1.165, 1.54) is 5.56 Å². The van der Waals surface area contributed by atoms with Crippen molar-refractivity contribution >= 4 is 23.2 Å². The third-order valence-corrected chi connectivity index (χ3v) is 3.19. The molecule has 0 bridgehead atoms. The number of hydrogen-bond donors (Lipinski definition) is 1. The molecule has 0 atom stereocenters. The molecule has 3 heteroatoms. The number of anilines is 1. The minimum atomic E-state index is -0.0192. The van der Waals surface area contributed by atoms with Crippen LogP contribution in [0.15, 0.2) is 42.5 Å². The Morgan fingerprint density at radius 3 is 2.42 bits per heavy atom. The average Bonchev–Trinajstić information content (AvgIpc) is 2.36. The normalized spacial score (nSPS) is 10.3. The molecular formula is C16H16ClNO. The first-order valence-corrected chi connectivity index (χ1v) is 6.54. The molecule has 0 unspecified atom stereocenters. The minimum absolute atomic E-state index is 0.0192. The van der Waals surface area contributed by atoms with Crippen LogP contribution in [0, 0.1) is 13.8 Å². The van der Waals surface area contributed by atoms with Gasteiger partial charge in [-0.05, 0) is 43.2 Å². The number of halogens is 1. The monoisotopic (exact) mass is 273 g/mol. The van der Waals surface area contributed by atoms with Gasteiger partial charge in [0.2, 0.25) is 5.91 Å². The zero-order chi connectivity index (χ0) is 13.8. The quantitative estimate of drug-likeness (QED) is 0.895. The first kappa shape index (κ1) is 13.6. The molecule has 19 heavy (non-hydrogen) atoms. The third kappa shape index (κ3) is 3.83. The van der Waals surface area contributed by atoms with Crippen molar-refractivity contribution in [1.82, 2.24) is 0 Å². The lowest BCUT2D eigenvalue weighted by Crippen LogP contribution is -2.15. The molecule has 2 aromatic carbocycles. The fourth-order valence-electron chi connectivity index (χ4n) is 1.94. The predicted molar refractivity (Wildman–Crippen MR) is 79.7 cm³/mol. The molecule has 1 N–H and O–H groups in total. The summed E-state index contributed by atoms with van der Waals surface area (Å²) in [5.74, 6) is -0.0192. The van der Waals surface area contributed by atoms with Crippen LogP contribution >= 0.6 is 11.6 Å². The molecule has 0 fully saturated rings. The van der Waals surface area contributed by atoms with Crippen LogP contribution < -0.4 is 5.32 Å². The van der Waals surface area contributed by atoms with E-state index in [1.807, 2.05) is 38.1 Å². The number of amides is 1. The lowest BCUT2D eigenvalue weighted by Gasteiger charge is -2.09. The zero-order valence-electron chi connectivity index (χ0n) is 11.0. The standard InChI is InChI=1S/C16H16ClNO/c1-11-3-8-15(12(2)9-11)18-16(19)10-13-4-6-14(17)7-5-13/h3-9H,10H2,1-2H3,(H,18,19). The molecule has 0 radical (unpaired) electrons. The number of nitrogens with one attached hydrogen (secondary N) is 1. The van der Waals surface area contributed by atoms with Gasteiger partial charge in [0.05, 0.1) is 6.42 Å². The topological polar surface area (TPSA) is 29.1 Å². The lowest BCUT2D eigenvalue weighted by molar-refractivity contribution is -0.115. The second kappa shape index (κ2) is 5.89. The predicted octanol–water partition coefficient (Wildman–Crippen LogP) is 4.14. The average molecular weight is 274 g/mol. The largest absolute Gasteiger partial charge is 0.326 e. The molecular weight excluding hydrogens is 258 g/mol. The van der Waals surface area contributed by atoms with Crippen molar-refractivity contribution < 1.29 is 4.79 Å². The number of carbonyl (C=O) groups is 1. The molecule has 0 aliphatic carbocycles. The van der Waals surface area contributed by atoms with Crippen LogP contribution in [0.2, 0.25) is 5.02 Å². The fourth-order valence-corrected chi connectivity index (χ4v) is 2.06. The Kier molecular flexibility index (Phi) is 4.23. The Morgan fingerprint density at radius 1 is 1.11 bits per heavy atom. The lowest BCUT2D eigenvalue weighted by atomic mass is 10.1. The van der Waals surface area contributed by atoms with Crippen molar-refractivity contribution in [3.05, 3.63) is 64.2 Å². The van der Waals surface area contributed by atoms with E-state index in [9.17, 15) is 4.79 Å². The van der Waals surface area contributed by atoms with E-state index in [-0.39, 0.29) is 5.91 Å². The third-order valence-electron chi connectivity index (χ3n) is 2.93. The van der Waals surface area contributed by atoms with E-state index in [1.54, 1.807) is 12.1 Å². The Morgan fingerprint density at radius 2 is 1.79 bits per heavy atom. The molecule has 0 aliphatic rings. The molecule has 2 rings (SSSR count). The first-order chi connectivity index (χ1) is 9.04. The van der Waals surface area contributed by atoms with E-state index >= 15 is 0 Å². The molecule has 98 valence electrons. The second-order valence-corrected chi connectivity index (χ2v) is 5.11. The number of hydrogen-bond acceptors (Lipinski definition) is 1. The molecule has 0 aromatic heterocycles. The molecule has 0 heterocycles. The van der Waals surface area contributed by atoms with Crippen LogP contribution in [-0.4, -0.2) is 5.91 Å². The number of carbonyl (C=O) groups excluding carboxylic acids is 1. The van der Waals surface area contributed by atoms with Crippen LogP contribution in [0.3, 0.4) is 0 Å². The van der Waals surface area contributed by atoms with E-state index < -0.39 is 0 Å². The number of aryl methyl sites for hydroxylation is 2. The van der Waals surface area contributed by atoms with Gasteiger partial charge in [-0.1, -0.05) is 41.4 Å². The summed E-state index contributed by atoms with van der Waals surface area (Å²) in [7, 11) is 0. The summed E-state index contributed by atoms with van der Waals surface area (Å²) in [5.41, 5.74) is 4.08. The van der Waals surface area contributed by atoms with Crippen molar-refractivity contribution in [3.63, 3.8) is 0 Å². The molecule has 1 amide bonds. The van der Waals surface area contributed by atoms with Crippen LogP contribution in [0.1, 0.15) is 16.7 Å². The van der Waals surface area contributed by atoms with Crippen molar-refractivity contribution in [2.45, 2.75) is 20.3 Å². The van der Waals surface area contributed by atoms with Gasteiger partial charge in [0.1, 0.15) is 0 Å². The molecule has 0 saturated heterocycles. The van der Waals surface area contributed by atoms with Gasteiger partial charge in [-0.3, -0.25) is 4.79 Å². The zero-order valence-corrected chi connectivity index (χ0v) is 11.8. The van der Waals surface area contributed by atoms with Crippen LogP contribution in [0.25, 0.3) is 0 Å². The van der Waals surface area contributed by atoms with Gasteiger partial charge in [0, 0.05) is 10.7 Å². The summed E-state index contributed by atoms with van der Waals surface area (Å²) < 4.78 is 0. The molecule has 0 spiro atoms. The summed E-state index contributed by atoms with van der Waals surface area (Å²) in [6, 6.07) is 13.3. The Labute approximate surface area is 118 Å². The smallest absolute Gasteiger partial charge is 0.228 e. The van der Waals surface area contributed by atoms with E-state index in [4.69, 9.17) is 11.6 Å². The van der Waals surface area contributed by atoms with Crippen molar-refractivity contribution in [1.29, 1.82) is 0 Å². The summed E-state index contributed by atoms with van der Waals surface area (Å²) in [6.45, 7) is 4.03. The Balaban J connectivity index is 2.03. The maximum atomic E-state index is 12.0. The number of rotatable bonds is 3. The highest BCUT2D eigenvalue weighted by molar-refractivity contribution is 6.30. The van der Waals surface area contributed by atoms with Gasteiger partial charge in [0.15, 0.2) is 0 Å². The SMILES string of the molecule is Cc1ccc(NC(=O)Cc2ccc(Cl)cc2)c(C)c1. The van der Waals surface area contributed by atoms with Gasteiger partial charge in [0.25, 0.3) is 0 Å². The summed E-state index contributed by atoms with van der Waals surface area (Å²) in [6.07, 6.45) is 0.352. The van der Waals surface area contributed by atoms with Gasteiger partial charge in [-0.25, -0.2) is 0 Å². The number of benzene rings is 2. The maximum absolute atomic E-state index is 12.0. The Hall–Kier alpha value is -1.80. The molecule has 0 aliphatic heterocycles. The van der Waals surface area contributed by atoms with Crippen LogP contribution in [0.4, 0.5) is 5.69 Å². The van der Waals surface area contributed by atoms with E-state index in [2.05, 4.69) is 11.4 Å². The van der Waals surface area contributed by atoms with Gasteiger partial charge >= 0.3 is 0 Å². The maximum Gasteiger partial charge on any atom is 0.228 e. The first-order valence-electron chi connectivity index (χ1n) is 6.16. The minimum Gasteiger partial charge on any atom is -0.326 e. The summed E-state index contributed by atoms with van der Waals surface area (Å²) >= 11 is 5.81. The van der Waals surface area contributed by atoms with Crippen LogP contribution in [0.5, 0.6) is 0 Å². The van der Waals surface area contributed by atoms with Crippen molar-refractivity contribution in [2.75, 3.05) is 5.32 Å². The highest BCUT2D eigenvalue weighted by Gasteiger charge is 2.06. The highest BCUT2D eigenvalue weighted by atomic mass is 35.5. The second-order valence-electron chi connectivity index (χ2n) is 4.67. The highest BCUT2D eigenvalue weighted by Crippen LogP contribution is 2.16. The fraction of sp³-hybridized carbons (Fsp3) is 0.188. The van der Waals surface area contributed by atoms with Gasteiger partial charge in [-0.15, -0.1) is 0 Å². The molecule has 2 aromatic rings. The van der Waals surface area contributed by atoms with Crippen molar-refractivity contribution in [2.24, 2.45) is 0 Å². The van der Waals surface area contributed by atoms with Gasteiger partial charge in [-0.2, -0.15) is 0 Å². The van der Waals surface area contributed by atoms with E-state index in [0.717, 1.165) is 16.8 Å². The molecule has 2 nitrogen and oxygen atoms in total. The van der Waals surface area contributed by atoms with E-state index in [0.29, 0.717) is 11.4 Å². The summed E-state index contributed by atoms with van der Waals surface area (Å²) in [4.78, 5) is 12.0. The van der Waals surface area contributed by atoms with Crippen LogP contribution in [-0.2, 0) is 11.2 Å². The van der Waals surface area contributed by atoms with Gasteiger partial charge < -0.3 is 5.32 Å². The summed E-state index contributed by atoms with van der Waals surface area (Å²) in [5, 5.41) is 3.61. The Bertz CT molecular complexity index is 590.